The standard InChI is InChI=1S/C18H23N7O/c19-18-21-16-15(10-20-23-16)17(22-18)25-8-7-24(14(12-25)6-9-26)11-13-4-2-1-3-5-13/h1-5,10,14,26H,6-9,11-12H2,(H3,19,20,21,22,23). The molecule has 8 heteroatoms. The topological polar surface area (TPSA) is 107 Å². The summed E-state index contributed by atoms with van der Waals surface area (Å²) < 4.78 is 0. The van der Waals surface area contributed by atoms with Crippen molar-refractivity contribution in [1.82, 2.24) is 25.1 Å². The minimum Gasteiger partial charge on any atom is -0.396 e. The van der Waals surface area contributed by atoms with E-state index in [0.29, 0.717) is 5.65 Å². The van der Waals surface area contributed by atoms with E-state index >= 15 is 0 Å². The van der Waals surface area contributed by atoms with Crippen LogP contribution in [0.1, 0.15) is 12.0 Å². The Bertz CT molecular complexity index is 866. The maximum atomic E-state index is 9.54. The Labute approximate surface area is 151 Å². The second-order valence-electron chi connectivity index (χ2n) is 6.61. The molecule has 0 saturated carbocycles. The maximum Gasteiger partial charge on any atom is 0.224 e. The maximum absolute atomic E-state index is 9.54. The van der Waals surface area contributed by atoms with Crippen molar-refractivity contribution in [2.75, 3.05) is 36.9 Å². The molecule has 8 nitrogen and oxygen atoms in total. The summed E-state index contributed by atoms with van der Waals surface area (Å²) in [4.78, 5) is 13.3. The van der Waals surface area contributed by atoms with E-state index in [-0.39, 0.29) is 18.6 Å². The summed E-state index contributed by atoms with van der Waals surface area (Å²) in [6, 6.07) is 10.7. The average molecular weight is 353 g/mol. The molecule has 1 fully saturated rings. The zero-order chi connectivity index (χ0) is 17.9. The third kappa shape index (κ3) is 3.33. The summed E-state index contributed by atoms with van der Waals surface area (Å²) in [5.41, 5.74) is 7.80. The van der Waals surface area contributed by atoms with Crippen molar-refractivity contribution in [1.29, 1.82) is 0 Å². The normalized spacial score (nSPS) is 18.5. The minimum atomic E-state index is 0.164. The van der Waals surface area contributed by atoms with E-state index in [1.165, 1.54) is 5.56 Å². The van der Waals surface area contributed by atoms with E-state index in [4.69, 9.17) is 5.73 Å². The predicted molar refractivity (Wildman–Crippen MR) is 101 cm³/mol. The van der Waals surface area contributed by atoms with E-state index in [1.807, 2.05) is 6.07 Å². The van der Waals surface area contributed by atoms with Crippen LogP contribution in [0.3, 0.4) is 0 Å². The molecule has 0 amide bonds. The lowest BCUT2D eigenvalue weighted by atomic mass is 10.1. The number of aliphatic hydroxyl groups is 1. The summed E-state index contributed by atoms with van der Waals surface area (Å²) in [5.74, 6) is 1.05. The van der Waals surface area contributed by atoms with E-state index < -0.39 is 0 Å². The number of anilines is 2. The Morgan fingerprint density at radius 3 is 2.85 bits per heavy atom. The molecule has 1 unspecified atom stereocenters. The van der Waals surface area contributed by atoms with Crippen molar-refractivity contribution in [3.8, 4) is 0 Å². The molecule has 2 aromatic heterocycles. The van der Waals surface area contributed by atoms with E-state index in [0.717, 1.165) is 43.8 Å². The van der Waals surface area contributed by atoms with Gasteiger partial charge in [0.2, 0.25) is 5.95 Å². The fraction of sp³-hybridized carbons (Fsp3) is 0.389. The van der Waals surface area contributed by atoms with Crippen LogP contribution >= 0.6 is 0 Å². The number of nitrogens with two attached hydrogens (primary N) is 1. The highest BCUT2D eigenvalue weighted by molar-refractivity contribution is 5.87. The predicted octanol–water partition coefficient (Wildman–Crippen LogP) is 1.01. The number of hydrogen-bond donors (Lipinski definition) is 3. The third-order valence-corrected chi connectivity index (χ3v) is 4.90. The van der Waals surface area contributed by atoms with Crippen LogP contribution in [0.5, 0.6) is 0 Å². The number of aliphatic hydroxyl groups excluding tert-OH is 1. The number of nitrogens with one attached hydrogen (secondary N) is 1. The fourth-order valence-corrected chi connectivity index (χ4v) is 3.61. The fourth-order valence-electron chi connectivity index (χ4n) is 3.61. The van der Waals surface area contributed by atoms with Gasteiger partial charge in [-0.3, -0.25) is 10.00 Å². The highest BCUT2D eigenvalue weighted by Crippen LogP contribution is 2.26. The summed E-state index contributed by atoms with van der Waals surface area (Å²) in [7, 11) is 0. The second-order valence-corrected chi connectivity index (χ2v) is 6.61. The van der Waals surface area contributed by atoms with Gasteiger partial charge < -0.3 is 15.7 Å². The monoisotopic (exact) mass is 353 g/mol. The van der Waals surface area contributed by atoms with Gasteiger partial charge >= 0.3 is 0 Å². The molecule has 1 aliphatic heterocycles. The quantitative estimate of drug-likeness (QED) is 0.628. The summed E-state index contributed by atoms with van der Waals surface area (Å²) >= 11 is 0. The van der Waals surface area contributed by atoms with Crippen LogP contribution in [-0.2, 0) is 6.54 Å². The van der Waals surface area contributed by atoms with Crippen LogP contribution in [0.15, 0.2) is 36.5 Å². The van der Waals surface area contributed by atoms with Crippen LogP contribution in [0.4, 0.5) is 11.8 Å². The Hall–Kier alpha value is -2.71. The molecule has 1 aromatic carbocycles. The van der Waals surface area contributed by atoms with Gasteiger partial charge in [0.15, 0.2) is 5.65 Å². The Morgan fingerprint density at radius 1 is 1.19 bits per heavy atom. The van der Waals surface area contributed by atoms with Crippen molar-refractivity contribution < 1.29 is 5.11 Å². The molecule has 4 rings (SSSR count). The van der Waals surface area contributed by atoms with Crippen molar-refractivity contribution in [3.63, 3.8) is 0 Å². The molecule has 136 valence electrons. The van der Waals surface area contributed by atoms with Gasteiger partial charge in [0.25, 0.3) is 0 Å². The molecule has 0 aliphatic carbocycles. The van der Waals surface area contributed by atoms with E-state index in [9.17, 15) is 5.11 Å². The molecule has 3 heterocycles. The first-order valence-corrected chi connectivity index (χ1v) is 8.85. The first-order chi connectivity index (χ1) is 12.7. The average Bonchev–Trinajstić information content (AvgIpc) is 3.12. The lowest BCUT2D eigenvalue weighted by Crippen LogP contribution is -2.53. The summed E-state index contributed by atoms with van der Waals surface area (Å²) in [5, 5.41) is 17.3. The Morgan fingerprint density at radius 2 is 2.04 bits per heavy atom. The van der Waals surface area contributed by atoms with E-state index in [1.54, 1.807) is 6.20 Å². The molecule has 1 atom stereocenters. The number of benzene rings is 1. The number of rotatable bonds is 5. The summed E-state index contributed by atoms with van der Waals surface area (Å²) in [6.07, 6.45) is 2.46. The van der Waals surface area contributed by atoms with Crippen LogP contribution in [0, 0.1) is 0 Å². The first kappa shape index (κ1) is 16.7. The largest absolute Gasteiger partial charge is 0.396 e. The molecule has 0 spiro atoms. The molecular weight excluding hydrogens is 330 g/mol. The first-order valence-electron chi connectivity index (χ1n) is 8.85. The third-order valence-electron chi connectivity index (χ3n) is 4.90. The number of piperazine rings is 1. The highest BCUT2D eigenvalue weighted by Gasteiger charge is 2.28. The molecule has 0 bridgehead atoms. The molecule has 26 heavy (non-hydrogen) atoms. The van der Waals surface area contributed by atoms with Gasteiger partial charge in [-0.25, -0.2) is 0 Å². The van der Waals surface area contributed by atoms with Gasteiger partial charge in [0.1, 0.15) is 5.82 Å². The van der Waals surface area contributed by atoms with Crippen LogP contribution < -0.4 is 10.6 Å². The number of aromatic amines is 1. The minimum absolute atomic E-state index is 0.164. The van der Waals surface area contributed by atoms with Crippen LogP contribution in [0.2, 0.25) is 0 Å². The number of H-pyrrole nitrogens is 1. The van der Waals surface area contributed by atoms with Crippen LogP contribution in [-0.4, -0.2) is 62.5 Å². The Balaban J connectivity index is 1.56. The smallest absolute Gasteiger partial charge is 0.224 e. The zero-order valence-electron chi connectivity index (χ0n) is 14.5. The van der Waals surface area contributed by atoms with Gasteiger partial charge in [-0.05, 0) is 12.0 Å². The van der Waals surface area contributed by atoms with Gasteiger partial charge in [-0.2, -0.15) is 15.1 Å². The number of hydrogen-bond acceptors (Lipinski definition) is 7. The lowest BCUT2D eigenvalue weighted by molar-refractivity contribution is 0.135. The van der Waals surface area contributed by atoms with Crippen molar-refractivity contribution in [2.45, 2.75) is 19.0 Å². The molecule has 1 aliphatic rings. The van der Waals surface area contributed by atoms with Gasteiger partial charge in [0.05, 0.1) is 11.6 Å². The molecular formula is C18H23N7O. The van der Waals surface area contributed by atoms with Crippen molar-refractivity contribution in [2.24, 2.45) is 0 Å². The molecule has 1 saturated heterocycles. The number of fused-ring (bicyclic) bond motifs is 1. The van der Waals surface area contributed by atoms with Gasteiger partial charge in [-0.1, -0.05) is 30.3 Å². The molecule has 3 aromatic rings. The van der Waals surface area contributed by atoms with Gasteiger partial charge in [-0.15, -0.1) is 0 Å². The summed E-state index contributed by atoms with van der Waals surface area (Å²) in [6.45, 7) is 3.56. The number of aromatic nitrogens is 4. The second kappa shape index (κ2) is 7.27. The Kier molecular flexibility index (Phi) is 4.68. The molecule has 4 N–H and O–H groups in total. The number of nitrogen functional groups attached to an aromatic ring is 1. The van der Waals surface area contributed by atoms with Crippen molar-refractivity contribution >= 4 is 22.8 Å². The lowest BCUT2D eigenvalue weighted by Gasteiger charge is -2.42. The molecule has 0 radical (unpaired) electrons. The van der Waals surface area contributed by atoms with E-state index in [2.05, 4.69) is 54.2 Å². The SMILES string of the molecule is Nc1nc(N2CCN(Cc3ccccc3)C(CCO)C2)c2cn[nH]c2n1. The zero-order valence-corrected chi connectivity index (χ0v) is 14.5. The van der Waals surface area contributed by atoms with Gasteiger partial charge in [0, 0.05) is 38.8 Å². The number of nitrogens with zero attached hydrogens (tertiary/aromatic N) is 5. The highest BCUT2D eigenvalue weighted by atomic mass is 16.3. The van der Waals surface area contributed by atoms with Crippen molar-refractivity contribution in [3.05, 3.63) is 42.1 Å². The van der Waals surface area contributed by atoms with Crippen LogP contribution in [0.25, 0.3) is 11.0 Å².